The van der Waals surface area contributed by atoms with Crippen LogP contribution in [-0.4, -0.2) is 17.7 Å². The van der Waals surface area contributed by atoms with Gasteiger partial charge in [-0.25, -0.2) is 4.39 Å². The molecule has 0 aromatic heterocycles. The lowest BCUT2D eigenvalue weighted by Crippen LogP contribution is -2.29. The number of benzene rings is 2. The highest BCUT2D eigenvalue weighted by atomic mass is 19.4. The molecule has 0 spiro atoms. The molecule has 2 aromatic carbocycles. The van der Waals surface area contributed by atoms with Gasteiger partial charge in [-0.3, -0.25) is 4.79 Å². The summed E-state index contributed by atoms with van der Waals surface area (Å²) in [5.74, 6) is -1.15. The molecule has 4 nitrogen and oxygen atoms in total. The summed E-state index contributed by atoms with van der Waals surface area (Å²) < 4.78 is 51.8. The van der Waals surface area contributed by atoms with Crippen LogP contribution in [0.4, 0.5) is 23.2 Å². The fourth-order valence-electron chi connectivity index (χ4n) is 2.38. The van der Waals surface area contributed by atoms with E-state index in [1.165, 1.54) is 36.4 Å². The van der Waals surface area contributed by atoms with Gasteiger partial charge in [-0.15, -0.1) is 0 Å². The lowest BCUT2D eigenvalue weighted by molar-refractivity contribution is -0.137. The summed E-state index contributed by atoms with van der Waals surface area (Å²) in [6.07, 6.45) is -5.57. The van der Waals surface area contributed by atoms with Crippen molar-refractivity contribution in [1.82, 2.24) is 0 Å². The smallest absolute Gasteiger partial charge is 0.382 e. The van der Waals surface area contributed by atoms with Gasteiger partial charge < -0.3 is 10.2 Å². The topological polar surface area (TPSA) is 50.7 Å². The second-order valence-corrected chi connectivity index (χ2v) is 5.38. The quantitative estimate of drug-likeness (QED) is 0.850. The molecule has 0 saturated carbocycles. The molecule has 1 amide bonds. The lowest BCUT2D eigenvalue weighted by atomic mass is 10.0. The van der Waals surface area contributed by atoms with Crippen LogP contribution < -0.4 is 5.32 Å². The Morgan fingerprint density at radius 2 is 1.80 bits per heavy atom. The molecule has 8 heteroatoms. The minimum Gasteiger partial charge on any atom is -0.382 e. The predicted octanol–water partition coefficient (Wildman–Crippen LogP) is 3.98. The van der Waals surface area contributed by atoms with E-state index in [1.807, 2.05) is 0 Å². The zero-order chi connectivity index (χ0) is 18.0. The first-order valence-electron chi connectivity index (χ1n) is 7.30. The highest BCUT2D eigenvalue weighted by molar-refractivity contribution is 6.06. The number of nitrogens with zero attached hydrogens (tertiary/aromatic N) is 1. The van der Waals surface area contributed by atoms with E-state index in [2.05, 4.69) is 10.5 Å². The number of carbonyl (C=O) groups excluding carboxylic acids is 1. The predicted molar refractivity (Wildman–Crippen MR) is 82.5 cm³/mol. The largest absolute Gasteiger partial charge is 0.418 e. The Balaban J connectivity index is 1.69. The third kappa shape index (κ3) is 3.78. The number of alkyl halides is 3. The van der Waals surface area contributed by atoms with E-state index in [1.54, 1.807) is 0 Å². The molecule has 0 saturated heterocycles. The summed E-state index contributed by atoms with van der Waals surface area (Å²) in [6.45, 7) is 0. The van der Waals surface area contributed by atoms with E-state index in [9.17, 15) is 22.4 Å². The first-order chi connectivity index (χ1) is 11.8. The van der Waals surface area contributed by atoms with E-state index >= 15 is 0 Å². The van der Waals surface area contributed by atoms with Crippen molar-refractivity contribution in [2.24, 2.45) is 5.16 Å². The van der Waals surface area contributed by atoms with Crippen LogP contribution >= 0.6 is 0 Å². The molecule has 3 rings (SSSR count). The van der Waals surface area contributed by atoms with Gasteiger partial charge in [0.15, 0.2) is 0 Å². The zero-order valence-corrected chi connectivity index (χ0v) is 12.7. The van der Waals surface area contributed by atoms with Gasteiger partial charge in [0, 0.05) is 6.42 Å². The van der Waals surface area contributed by atoms with E-state index in [-0.39, 0.29) is 12.1 Å². The first kappa shape index (κ1) is 16.9. The van der Waals surface area contributed by atoms with Crippen molar-refractivity contribution in [3.63, 3.8) is 0 Å². The molecule has 25 heavy (non-hydrogen) atoms. The second kappa shape index (κ2) is 6.54. The third-order valence-corrected chi connectivity index (χ3v) is 3.63. The normalized spacial score (nSPS) is 17.0. The molecule has 0 aliphatic carbocycles. The SMILES string of the molecule is O=C(Nc1ccccc1C(F)(F)F)C1CC(c2ccc(F)cc2)=NO1. The Hall–Kier alpha value is -2.90. The maximum atomic E-state index is 13.0. The summed E-state index contributed by atoms with van der Waals surface area (Å²) in [7, 11) is 0. The molecular formula is C17H12F4N2O2. The summed E-state index contributed by atoms with van der Waals surface area (Å²) >= 11 is 0. The van der Waals surface area contributed by atoms with Crippen molar-refractivity contribution in [2.75, 3.05) is 5.32 Å². The maximum Gasteiger partial charge on any atom is 0.418 e. The number of anilines is 1. The fourth-order valence-corrected chi connectivity index (χ4v) is 2.38. The number of halogens is 4. The van der Waals surface area contributed by atoms with Crippen LogP contribution in [0.15, 0.2) is 53.7 Å². The molecular weight excluding hydrogens is 340 g/mol. The molecule has 0 fully saturated rings. The van der Waals surface area contributed by atoms with Crippen molar-refractivity contribution in [1.29, 1.82) is 0 Å². The number of oxime groups is 1. The molecule has 0 bridgehead atoms. The van der Waals surface area contributed by atoms with Gasteiger partial charge in [0.2, 0.25) is 6.10 Å². The van der Waals surface area contributed by atoms with Gasteiger partial charge in [-0.05, 0) is 29.8 Å². The number of carbonyl (C=O) groups is 1. The Labute approximate surface area is 140 Å². The van der Waals surface area contributed by atoms with E-state index < -0.39 is 29.6 Å². The Morgan fingerprint density at radius 1 is 1.12 bits per heavy atom. The van der Waals surface area contributed by atoms with Gasteiger partial charge in [0.05, 0.1) is 17.0 Å². The minimum atomic E-state index is -4.59. The molecule has 1 atom stereocenters. The first-order valence-corrected chi connectivity index (χ1v) is 7.30. The molecule has 2 aromatic rings. The summed E-state index contributed by atoms with van der Waals surface area (Å²) in [4.78, 5) is 17.2. The van der Waals surface area contributed by atoms with E-state index in [0.29, 0.717) is 11.3 Å². The van der Waals surface area contributed by atoms with Gasteiger partial charge in [-0.1, -0.05) is 29.4 Å². The zero-order valence-electron chi connectivity index (χ0n) is 12.7. The highest BCUT2D eigenvalue weighted by Crippen LogP contribution is 2.34. The van der Waals surface area contributed by atoms with Crippen LogP contribution in [0.3, 0.4) is 0 Å². The number of hydrogen-bond donors (Lipinski definition) is 1. The molecule has 1 aliphatic rings. The van der Waals surface area contributed by atoms with Gasteiger partial charge >= 0.3 is 6.18 Å². The number of para-hydroxylation sites is 1. The third-order valence-electron chi connectivity index (χ3n) is 3.63. The molecule has 0 radical (unpaired) electrons. The van der Waals surface area contributed by atoms with E-state index in [0.717, 1.165) is 12.1 Å². The standard InChI is InChI=1S/C17H12F4N2O2/c18-11-7-5-10(6-8-11)14-9-15(25-23-14)16(24)22-13-4-2-1-3-12(13)17(19,20)21/h1-8,15H,9H2,(H,22,24). The monoisotopic (exact) mass is 352 g/mol. The average molecular weight is 352 g/mol. The summed E-state index contributed by atoms with van der Waals surface area (Å²) in [5, 5.41) is 5.98. The Kier molecular flexibility index (Phi) is 4.43. The number of hydrogen-bond acceptors (Lipinski definition) is 3. The highest BCUT2D eigenvalue weighted by Gasteiger charge is 2.35. The molecule has 130 valence electrons. The number of amides is 1. The van der Waals surface area contributed by atoms with Crippen molar-refractivity contribution in [3.05, 3.63) is 65.5 Å². The van der Waals surface area contributed by atoms with Crippen LogP contribution in [0.5, 0.6) is 0 Å². The van der Waals surface area contributed by atoms with Crippen LogP contribution in [0.1, 0.15) is 17.5 Å². The molecule has 1 N–H and O–H groups in total. The van der Waals surface area contributed by atoms with Crippen molar-refractivity contribution < 1.29 is 27.2 Å². The van der Waals surface area contributed by atoms with Gasteiger partial charge in [-0.2, -0.15) is 13.2 Å². The van der Waals surface area contributed by atoms with Crippen molar-refractivity contribution in [2.45, 2.75) is 18.7 Å². The van der Waals surface area contributed by atoms with E-state index in [4.69, 9.17) is 4.84 Å². The summed E-state index contributed by atoms with van der Waals surface area (Å²) in [6, 6.07) is 10.1. The summed E-state index contributed by atoms with van der Waals surface area (Å²) in [5.41, 5.74) is -0.295. The van der Waals surface area contributed by atoms with Crippen LogP contribution in [0, 0.1) is 5.82 Å². The number of rotatable bonds is 3. The number of nitrogens with one attached hydrogen (secondary N) is 1. The fraction of sp³-hybridized carbons (Fsp3) is 0.176. The molecule has 1 aliphatic heterocycles. The lowest BCUT2D eigenvalue weighted by Gasteiger charge is -2.15. The second-order valence-electron chi connectivity index (χ2n) is 5.38. The van der Waals surface area contributed by atoms with Crippen molar-refractivity contribution in [3.8, 4) is 0 Å². The Morgan fingerprint density at radius 3 is 2.48 bits per heavy atom. The maximum absolute atomic E-state index is 13.0. The average Bonchev–Trinajstić information content (AvgIpc) is 3.05. The van der Waals surface area contributed by atoms with Crippen LogP contribution in [-0.2, 0) is 15.8 Å². The molecule has 1 heterocycles. The van der Waals surface area contributed by atoms with Crippen molar-refractivity contribution >= 4 is 17.3 Å². The minimum absolute atomic E-state index is 0.0751. The molecule has 1 unspecified atom stereocenters. The van der Waals surface area contributed by atoms with Crippen LogP contribution in [0.2, 0.25) is 0 Å². The van der Waals surface area contributed by atoms with Crippen LogP contribution in [0.25, 0.3) is 0 Å². The van der Waals surface area contributed by atoms with Gasteiger partial charge in [0.1, 0.15) is 5.82 Å². The Bertz CT molecular complexity index is 816. The van der Waals surface area contributed by atoms with Gasteiger partial charge in [0.25, 0.3) is 5.91 Å².